The number of unbranched alkanes of at least 4 members (excludes halogenated alkanes) is 1. The van der Waals surface area contributed by atoms with Crippen LogP contribution in [-0.4, -0.2) is 21.5 Å². The summed E-state index contributed by atoms with van der Waals surface area (Å²) in [5.74, 6) is 0.508. The molecule has 1 unspecified atom stereocenters. The fraction of sp³-hybridized carbons (Fsp3) is 0.429. The molecule has 102 valence electrons. The molecule has 0 bridgehead atoms. The van der Waals surface area contributed by atoms with Gasteiger partial charge in [0.05, 0.1) is 6.04 Å². The molecule has 1 aromatic rings. The van der Waals surface area contributed by atoms with Crippen LogP contribution in [0.1, 0.15) is 26.7 Å². The summed E-state index contributed by atoms with van der Waals surface area (Å²) >= 11 is 0. The number of aromatic nitrogens is 2. The first kappa shape index (κ1) is 13.4. The van der Waals surface area contributed by atoms with E-state index in [-0.39, 0.29) is 6.04 Å². The van der Waals surface area contributed by atoms with Crippen LogP contribution in [0.4, 0.5) is 5.95 Å². The first-order valence-electron chi connectivity index (χ1n) is 6.62. The van der Waals surface area contributed by atoms with Gasteiger partial charge < -0.3 is 15.2 Å². The van der Waals surface area contributed by atoms with Gasteiger partial charge in [-0.25, -0.2) is 4.98 Å². The lowest BCUT2D eigenvalue weighted by Crippen LogP contribution is -2.32. The molecule has 0 saturated heterocycles. The number of primary amides is 1. The zero-order chi connectivity index (χ0) is 13.8. The summed E-state index contributed by atoms with van der Waals surface area (Å²) in [6, 6.07) is 0.0651. The van der Waals surface area contributed by atoms with Crippen LogP contribution in [0.3, 0.4) is 0 Å². The number of nitrogens with zero attached hydrogens (tertiary/aromatic N) is 3. The maximum Gasteiger partial charge on any atom is 0.248 e. The summed E-state index contributed by atoms with van der Waals surface area (Å²) in [7, 11) is 0. The molecule has 2 N–H and O–H groups in total. The van der Waals surface area contributed by atoms with Crippen LogP contribution in [-0.2, 0) is 11.3 Å². The van der Waals surface area contributed by atoms with Gasteiger partial charge >= 0.3 is 0 Å². The van der Waals surface area contributed by atoms with E-state index in [2.05, 4.69) is 16.5 Å². The summed E-state index contributed by atoms with van der Waals surface area (Å²) in [6.45, 7) is 5.14. The molecule has 0 saturated carbocycles. The largest absolute Gasteiger partial charge is 0.366 e. The molecule has 19 heavy (non-hydrogen) atoms. The molecule has 2 heterocycles. The second-order valence-electron chi connectivity index (χ2n) is 4.72. The Labute approximate surface area is 113 Å². The molecule has 1 aliphatic heterocycles. The number of anilines is 1. The second-order valence-corrected chi connectivity index (χ2v) is 4.72. The normalized spacial score (nSPS) is 18.5. The lowest BCUT2D eigenvalue weighted by Gasteiger charge is -2.28. The first-order valence-corrected chi connectivity index (χ1v) is 6.62. The molecule has 0 aromatic carbocycles. The van der Waals surface area contributed by atoms with E-state index in [0.717, 1.165) is 25.3 Å². The first-order chi connectivity index (χ1) is 9.13. The van der Waals surface area contributed by atoms with Crippen molar-refractivity contribution in [3.05, 3.63) is 36.3 Å². The minimum absolute atomic E-state index is 0.0651. The van der Waals surface area contributed by atoms with Gasteiger partial charge in [-0.1, -0.05) is 13.3 Å². The van der Waals surface area contributed by atoms with E-state index < -0.39 is 5.91 Å². The van der Waals surface area contributed by atoms with E-state index in [4.69, 9.17) is 5.73 Å². The third kappa shape index (κ3) is 2.86. The molecule has 0 fully saturated rings. The molecule has 1 aromatic heterocycles. The minimum atomic E-state index is -0.392. The smallest absolute Gasteiger partial charge is 0.248 e. The summed E-state index contributed by atoms with van der Waals surface area (Å²) in [5.41, 5.74) is 5.84. The topological polar surface area (TPSA) is 64.2 Å². The summed E-state index contributed by atoms with van der Waals surface area (Å²) in [4.78, 5) is 17.6. The van der Waals surface area contributed by atoms with Crippen molar-refractivity contribution in [1.29, 1.82) is 0 Å². The van der Waals surface area contributed by atoms with Crippen LogP contribution in [0.5, 0.6) is 0 Å². The number of hydrogen-bond acceptors (Lipinski definition) is 3. The van der Waals surface area contributed by atoms with Crippen LogP contribution < -0.4 is 10.6 Å². The zero-order valence-electron chi connectivity index (χ0n) is 11.4. The summed E-state index contributed by atoms with van der Waals surface area (Å²) in [6.07, 6.45) is 11.5. The highest BCUT2D eigenvalue weighted by atomic mass is 16.1. The molecule has 1 atom stereocenters. The highest BCUT2D eigenvalue weighted by Gasteiger charge is 2.20. The average molecular weight is 260 g/mol. The van der Waals surface area contributed by atoms with Gasteiger partial charge in [-0.2, -0.15) is 0 Å². The van der Waals surface area contributed by atoms with E-state index in [1.54, 1.807) is 12.3 Å². The molecule has 2 rings (SSSR count). The fourth-order valence-corrected chi connectivity index (χ4v) is 2.14. The fourth-order valence-electron chi connectivity index (χ4n) is 2.14. The molecular weight excluding hydrogens is 240 g/mol. The third-order valence-corrected chi connectivity index (χ3v) is 3.24. The molecule has 1 amide bonds. The van der Waals surface area contributed by atoms with Gasteiger partial charge in [0, 0.05) is 30.7 Å². The van der Waals surface area contributed by atoms with E-state index in [9.17, 15) is 4.79 Å². The van der Waals surface area contributed by atoms with Crippen LogP contribution in [0.25, 0.3) is 0 Å². The highest BCUT2D eigenvalue weighted by molar-refractivity contribution is 5.95. The van der Waals surface area contributed by atoms with Crippen LogP contribution in [0.15, 0.2) is 36.3 Å². The number of imidazole rings is 1. The summed E-state index contributed by atoms with van der Waals surface area (Å²) in [5, 5.41) is 0. The van der Waals surface area contributed by atoms with Crippen molar-refractivity contribution in [3.8, 4) is 0 Å². The number of carbonyl (C=O) groups excluding carboxylic acids is 1. The van der Waals surface area contributed by atoms with Gasteiger partial charge in [0.25, 0.3) is 0 Å². The van der Waals surface area contributed by atoms with Crippen LogP contribution in [0, 0.1) is 0 Å². The third-order valence-electron chi connectivity index (χ3n) is 3.24. The van der Waals surface area contributed by atoms with Gasteiger partial charge in [0.1, 0.15) is 0 Å². The Hall–Kier alpha value is -2.04. The maximum atomic E-state index is 11.2. The predicted molar refractivity (Wildman–Crippen MR) is 75.5 cm³/mol. The minimum Gasteiger partial charge on any atom is -0.366 e. The van der Waals surface area contributed by atoms with E-state index in [1.165, 1.54) is 0 Å². The molecule has 1 aliphatic rings. The monoisotopic (exact) mass is 260 g/mol. The number of hydrogen-bond donors (Lipinski definition) is 1. The van der Waals surface area contributed by atoms with E-state index in [0.29, 0.717) is 5.57 Å². The number of carbonyl (C=O) groups is 1. The van der Waals surface area contributed by atoms with Crippen molar-refractivity contribution >= 4 is 11.9 Å². The SMILES string of the molecule is CCCCn1ccnc1N1C=CC(C(N)=O)=CC1C. The quantitative estimate of drug-likeness (QED) is 0.878. The average Bonchev–Trinajstić information content (AvgIpc) is 2.84. The number of amides is 1. The molecule has 5 nitrogen and oxygen atoms in total. The molecule has 0 spiro atoms. The van der Waals surface area contributed by atoms with Gasteiger partial charge in [-0.05, 0) is 25.5 Å². The lowest BCUT2D eigenvalue weighted by molar-refractivity contribution is -0.114. The second kappa shape index (κ2) is 5.73. The van der Waals surface area contributed by atoms with Crippen LogP contribution in [0.2, 0.25) is 0 Å². The Balaban J connectivity index is 2.18. The molecule has 0 aliphatic carbocycles. The van der Waals surface area contributed by atoms with Crippen molar-refractivity contribution in [2.24, 2.45) is 5.73 Å². The number of aryl methyl sites for hydroxylation is 1. The summed E-state index contributed by atoms with van der Waals surface area (Å²) < 4.78 is 2.13. The Morgan fingerprint density at radius 2 is 2.32 bits per heavy atom. The predicted octanol–water partition coefficient (Wildman–Crippen LogP) is 1.82. The highest BCUT2D eigenvalue weighted by Crippen LogP contribution is 2.21. The Morgan fingerprint density at radius 1 is 1.53 bits per heavy atom. The van der Waals surface area contributed by atoms with Gasteiger partial charge in [-0.15, -0.1) is 0 Å². The van der Waals surface area contributed by atoms with Crippen LogP contribution >= 0.6 is 0 Å². The van der Waals surface area contributed by atoms with Crippen molar-refractivity contribution in [3.63, 3.8) is 0 Å². The van der Waals surface area contributed by atoms with Crippen molar-refractivity contribution in [2.75, 3.05) is 4.90 Å². The Morgan fingerprint density at radius 3 is 2.95 bits per heavy atom. The zero-order valence-corrected chi connectivity index (χ0v) is 11.4. The lowest BCUT2D eigenvalue weighted by atomic mass is 10.1. The van der Waals surface area contributed by atoms with Gasteiger partial charge in [0.15, 0.2) is 0 Å². The maximum absolute atomic E-state index is 11.2. The number of rotatable bonds is 5. The Bertz CT molecular complexity index is 515. The standard InChI is InChI=1S/C14H20N4O/c1-3-4-7-17-9-6-16-14(17)18-8-5-12(13(15)19)10-11(18)2/h5-6,8-11H,3-4,7H2,1-2H3,(H2,15,19). The van der Waals surface area contributed by atoms with Crippen molar-refractivity contribution < 1.29 is 4.79 Å². The van der Waals surface area contributed by atoms with Crippen molar-refractivity contribution in [2.45, 2.75) is 39.3 Å². The molecule has 0 radical (unpaired) electrons. The Kier molecular flexibility index (Phi) is 4.04. The van der Waals surface area contributed by atoms with E-state index in [1.807, 2.05) is 30.3 Å². The number of nitrogens with two attached hydrogens (primary N) is 1. The molecule has 5 heteroatoms. The van der Waals surface area contributed by atoms with Gasteiger partial charge in [0.2, 0.25) is 11.9 Å². The van der Waals surface area contributed by atoms with E-state index >= 15 is 0 Å². The van der Waals surface area contributed by atoms with Gasteiger partial charge in [-0.3, -0.25) is 4.79 Å². The molecular formula is C14H20N4O. The van der Waals surface area contributed by atoms with Crippen molar-refractivity contribution in [1.82, 2.24) is 9.55 Å².